The fraction of sp³-hybridized carbons (Fsp3) is 0.241. The molecule has 0 bridgehead atoms. The highest BCUT2D eigenvalue weighted by molar-refractivity contribution is 6.35. The number of ether oxygens (including phenoxy) is 2. The largest absolute Gasteiger partial charge is 0.493 e. The van der Waals surface area contributed by atoms with E-state index in [2.05, 4.69) is 26.6 Å². The van der Waals surface area contributed by atoms with Crippen molar-refractivity contribution in [2.24, 2.45) is 10.8 Å². The van der Waals surface area contributed by atoms with Gasteiger partial charge < -0.3 is 25.8 Å². The summed E-state index contributed by atoms with van der Waals surface area (Å²) in [6, 6.07) is 6.87. The minimum absolute atomic E-state index is 0.0207. The molecule has 0 spiro atoms. The van der Waals surface area contributed by atoms with Crippen molar-refractivity contribution in [1.82, 2.24) is 15.4 Å². The first-order valence-electron chi connectivity index (χ1n) is 12.9. The van der Waals surface area contributed by atoms with Crippen molar-refractivity contribution in [3.8, 4) is 17.6 Å². The average Bonchev–Trinajstić information content (AvgIpc) is 2.97. The molecule has 1 atom stereocenters. The number of anilines is 2. The van der Waals surface area contributed by atoms with Crippen LogP contribution in [0.3, 0.4) is 0 Å². The molecule has 0 aliphatic carbocycles. The summed E-state index contributed by atoms with van der Waals surface area (Å²) in [7, 11) is 1.48. The number of halogens is 2. The molecule has 1 saturated heterocycles. The third-order valence-corrected chi connectivity index (χ3v) is 7.40. The van der Waals surface area contributed by atoms with Crippen molar-refractivity contribution in [3.05, 3.63) is 81.2 Å². The Morgan fingerprint density at radius 1 is 1.26 bits per heavy atom. The number of rotatable bonds is 11. The number of nitrogen functional groups attached to an aromatic ring is 1. The minimum Gasteiger partial charge on any atom is -0.493 e. The maximum absolute atomic E-state index is 10.7. The number of nitrogens with two attached hydrogens (primary N) is 2. The van der Waals surface area contributed by atoms with Crippen LogP contribution in [0.25, 0.3) is 0 Å². The highest BCUT2D eigenvalue weighted by Gasteiger charge is 2.44. The molecule has 1 aromatic carbocycles. The first-order chi connectivity index (χ1) is 20.6. The summed E-state index contributed by atoms with van der Waals surface area (Å²) in [6.07, 6.45) is 7.80. The number of nitrogens with one attached hydrogen (secondary N) is 2. The van der Waals surface area contributed by atoms with Crippen molar-refractivity contribution in [1.29, 1.82) is 10.7 Å². The van der Waals surface area contributed by atoms with Gasteiger partial charge in [0.05, 0.1) is 39.7 Å². The van der Waals surface area contributed by atoms with E-state index in [9.17, 15) is 10.1 Å². The Bertz CT molecular complexity index is 1640. The van der Waals surface area contributed by atoms with Crippen LogP contribution in [0, 0.1) is 16.7 Å². The number of nitriles is 1. The Hall–Kier alpha value is -4.70. The summed E-state index contributed by atoms with van der Waals surface area (Å²) in [4.78, 5) is 21.0. The van der Waals surface area contributed by atoms with Gasteiger partial charge in [-0.15, -0.1) is 0 Å². The van der Waals surface area contributed by atoms with E-state index in [1.165, 1.54) is 25.7 Å². The molecule has 222 valence electrons. The van der Waals surface area contributed by atoms with E-state index >= 15 is 0 Å². The van der Waals surface area contributed by atoms with Crippen LogP contribution in [0.1, 0.15) is 42.2 Å². The van der Waals surface area contributed by atoms with E-state index in [0.29, 0.717) is 69.3 Å². The number of methoxy groups -OCH3 is 1. The van der Waals surface area contributed by atoms with E-state index in [-0.39, 0.29) is 17.0 Å². The normalized spacial score (nSPS) is 14.9. The van der Waals surface area contributed by atoms with Crippen molar-refractivity contribution in [3.63, 3.8) is 0 Å². The van der Waals surface area contributed by atoms with Crippen LogP contribution in [-0.4, -0.2) is 53.5 Å². The molecule has 12 nitrogen and oxygen atoms in total. The fourth-order valence-electron chi connectivity index (χ4n) is 4.70. The summed E-state index contributed by atoms with van der Waals surface area (Å²) >= 11 is 12.6. The summed E-state index contributed by atoms with van der Waals surface area (Å²) in [5.41, 5.74) is 16.5. The topological polar surface area (TPSA) is 189 Å². The second-order valence-corrected chi connectivity index (χ2v) is 10.5. The average molecular weight is 623 g/mol. The number of allylic oxidation sites excluding steroid dienone is 1. The van der Waals surface area contributed by atoms with Crippen LogP contribution >= 0.6 is 23.2 Å². The zero-order chi connectivity index (χ0) is 31.3. The monoisotopic (exact) mass is 621 g/mol. The number of aromatic nitrogens is 2. The van der Waals surface area contributed by atoms with Gasteiger partial charge >= 0.3 is 0 Å². The molecule has 43 heavy (non-hydrogen) atoms. The number of amides is 1. The molecule has 0 radical (unpaired) electrons. The Morgan fingerprint density at radius 3 is 2.56 bits per heavy atom. The second-order valence-electron chi connectivity index (χ2n) is 9.71. The first-order valence-corrected chi connectivity index (χ1v) is 13.7. The Labute approximate surface area is 258 Å². The van der Waals surface area contributed by atoms with E-state index in [0.717, 1.165) is 0 Å². The maximum atomic E-state index is 10.7. The molecule has 2 aromatic heterocycles. The molecule has 0 saturated carbocycles. The standard InChI is InChI=1S/C29H29Cl2N9O3/c1-4-5-25(39-38-15-41)29(35)13-40(14-29)28-17(9-32)6-18(10-37-28)27(34)19-7-24(23(42-3)8-22(19)33)43-16(2)26-20(30)11-36-12-21(26)31/h4-8,10-12,15-16,34H,13-14,33,35H2,1-3H3,(H,38,41)/b5-4-,34-27?,39-25+/t16-/m1/s1. The lowest BCUT2D eigenvalue weighted by atomic mass is 9.85. The maximum Gasteiger partial charge on any atom is 0.227 e. The Morgan fingerprint density at radius 2 is 1.95 bits per heavy atom. The summed E-state index contributed by atoms with van der Waals surface area (Å²) in [6.45, 7) is 4.21. The second kappa shape index (κ2) is 13.1. The molecule has 1 fully saturated rings. The van der Waals surface area contributed by atoms with E-state index in [1.807, 2.05) is 11.8 Å². The van der Waals surface area contributed by atoms with E-state index in [1.54, 1.807) is 37.3 Å². The van der Waals surface area contributed by atoms with Gasteiger partial charge in [0.2, 0.25) is 6.41 Å². The van der Waals surface area contributed by atoms with Crippen LogP contribution in [0.4, 0.5) is 11.5 Å². The predicted molar refractivity (Wildman–Crippen MR) is 166 cm³/mol. The number of carbonyl (C=O) groups is 1. The van der Waals surface area contributed by atoms with Gasteiger partial charge in [-0.25, -0.2) is 10.4 Å². The summed E-state index contributed by atoms with van der Waals surface area (Å²) in [5.74, 6) is 1.07. The number of pyridine rings is 2. The third-order valence-electron chi connectivity index (χ3n) is 6.80. The van der Waals surface area contributed by atoms with Crippen LogP contribution in [0.5, 0.6) is 11.5 Å². The van der Waals surface area contributed by atoms with Gasteiger partial charge in [-0.05, 0) is 32.1 Å². The zero-order valence-corrected chi connectivity index (χ0v) is 25.1. The number of carbonyl (C=O) groups excluding carboxylic acids is 1. The smallest absolute Gasteiger partial charge is 0.227 e. The summed E-state index contributed by atoms with van der Waals surface area (Å²) < 4.78 is 11.6. The highest BCUT2D eigenvalue weighted by atomic mass is 35.5. The quantitative estimate of drug-likeness (QED) is 0.106. The molecule has 1 aliphatic rings. The minimum atomic E-state index is -0.849. The van der Waals surface area contributed by atoms with Crippen molar-refractivity contribution < 1.29 is 14.3 Å². The van der Waals surface area contributed by atoms with Gasteiger partial charge in [-0.2, -0.15) is 10.4 Å². The van der Waals surface area contributed by atoms with Crippen LogP contribution in [0.2, 0.25) is 10.0 Å². The first kappa shape index (κ1) is 31.2. The SMILES string of the molecule is C/C=C\C(=N/NC=O)C1(N)CN(c2ncc(C(=N)c3cc(O[C@H](C)c4c(Cl)cncc4Cl)c(OC)cc3N)cc2C#N)C1. The molecule has 3 heterocycles. The number of nitrogens with zero attached hydrogens (tertiary/aromatic N) is 5. The molecule has 14 heteroatoms. The lowest BCUT2D eigenvalue weighted by molar-refractivity contribution is -0.109. The molecular formula is C29H29Cl2N9O3. The van der Waals surface area contributed by atoms with Gasteiger partial charge in [0.25, 0.3) is 0 Å². The third kappa shape index (κ3) is 6.39. The lowest BCUT2D eigenvalue weighted by Crippen LogP contribution is -2.72. The predicted octanol–water partition coefficient (Wildman–Crippen LogP) is 4.00. The highest BCUT2D eigenvalue weighted by Crippen LogP contribution is 2.39. The molecule has 1 aliphatic heterocycles. The molecule has 3 aromatic rings. The summed E-state index contributed by atoms with van der Waals surface area (Å²) in [5, 5.41) is 23.6. The van der Waals surface area contributed by atoms with Crippen LogP contribution < -0.4 is 31.3 Å². The molecule has 0 unspecified atom stereocenters. The fourth-order valence-corrected chi connectivity index (χ4v) is 5.37. The molecular weight excluding hydrogens is 593 g/mol. The Kier molecular flexibility index (Phi) is 9.50. The van der Waals surface area contributed by atoms with E-state index in [4.69, 9.17) is 49.6 Å². The van der Waals surface area contributed by atoms with Gasteiger partial charge in [-0.1, -0.05) is 29.3 Å². The van der Waals surface area contributed by atoms with Crippen molar-refractivity contribution in [2.75, 3.05) is 30.8 Å². The van der Waals surface area contributed by atoms with Crippen molar-refractivity contribution in [2.45, 2.75) is 25.5 Å². The van der Waals surface area contributed by atoms with Gasteiger partial charge in [0.15, 0.2) is 11.5 Å². The van der Waals surface area contributed by atoms with Crippen LogP contribution in [-0.2, 0) is 4.79 Å². The molecule has 4 rings (SSSR count). The zero-order valence-electron chi connectivity index (χ0n) is 23.6. The van der Waals surface area contributed by atoms with Gasteiger partial charge in [0.1, 0.15) is 18.0 Å². The number of hydrogen-bond donors (Lipinski definition) is 4. The molecule has 1 amide bonds. The Balaban J connectivity index is 1.61. The van der Waals surface area contributed by atoms with Gasteiger partial charge in [0, 0.05) is 60.1 Å². The van der Waals surface area contributed by atoms with Crippen molar-refractivity contribution >= 4 is 52.5 Å². The van der Waals surface area contributed by atoms with Crippen LogP contribution in [0.15, 0.2) is 54.0 Å². The number of hydrogen-bond acceptors (Lipinski definition) is 11. The van der Waals surface area contributed by atoms with Gasteiger partial charge in [-0.3, -0.25) is 15.2 Å². The number of hydrazone groups is 1. The molecule has 6 N–H and O–H groups in total. The van der Waals surface area contributed by atoms with E-state index < -0.39 is 11.6 Å². The number of benzene rings is 1. The lowest BCUT2D eigenvalue weighted by Gasteiger charge is -2.48.